The number of aliphatic imine (C=N–C) groups is 1. The molecule has 7 unspecified atom stereocenters. The SMILES string of the molecule is C1=CC2=CC=C(C3=CC=C(C4=CC5C6c7ccccc7C=CC6N(C6=CC7=C(NCC=C7)C7N=CC=CC67)C5C=C4)NC3)NC2C=C1. The summed E-state index contributed by atoms with van der Waals surface area (Å²) in [6.07, 6.45) is 43.2. The second-order valence-corrected chi connectivity index (χ2v) is 13.6. The molecular formula is C42H37N5. The van der Waals surface area contributed by atoms with Gasteiger partial charge in [0.2, 0.25) is 0 Å². The van der Waals surface area contributed by atoms with Gasteiger partial charge in [-0.3, -0.25) is 4.99 Å². The first kappa shape index (κ1) is 26.9. The Morgan fingerprint density at radius 3 is 2.70 bits per heavy atom. The lowest BCUT2D eigenvalue weighted by atomic mass is 9.75. The number of hydrogen-bond acceptors (Lipinski definition) is 5. The monoisotopic (exact) mass is 611 g/mol. The molecule has 5 nitrogen and oxygen atoms in total. The summed E-state index contributed by atoms with van der Waals surface area (Å²) in [5.74, 6) is 0.904. The van der Waals surface area contributed by atoms with Gasteiger partial charge in [-0.05, 0) is 57.7 Å². The van der Waals surface area contributed by atoms with Crippen molar-refractivity contribution >= 4 is 12.3 Å². The summed E-state index contributed by atoms with van der Waals surface area (Å²) in [7, 11) is 0. The van der Waals surface area contributed by atoms with E-state index in [1.807, 2.05) is 6.21 Å². The van der Waals surface area contributed by atoms with Crippen LogP contribution in [0.15, 0.2) is 178 Å². The van der Waals surface area contributed by atoms with E-state index in [1.165, 1.54) is 56.2 Å². The molecule has 1 fully saturated rings. The fourth-order valence-corrected chi connectivity index (χ4v) is 8.97. The van der Waals surface area contributed by atoms with Crippen molar-refractivity contribution < 1.29 is 0 Å². The van der Waals surface area contributed by atoms with Gasteiger partial charge in [-0.1, -0.05) is 109 Å². The van der Waals surface area contributed by atoms with E-state index in [2.05, 4.69) is 154 Å². The molecule has 5 heteroatoms. The quantitative estimate of drug-likeness (QED) is 0.380. The van der Waals surface area contributed by atoms with Crippen LogP contribution >= 0.6 is 0 Å². The van der Waals surface area contributed by atoms with Gasteiger partial charge in [0, 0.05) is 59.8 Å². The molecule has 0 aromatic heterocycles. The molecule has 0 bridgehead atoms. The number of rotatable bonds is 3. The summed E-state index contributed by atoms with van der Waals surface area (Å²) >= 11 is 0. The molecule has 0 spiro atoms. The van der Waals surface area contributed by atoms with Crippen molar-refractivity contribution in [2.75, 3.05) is 13.1 Å². The zero-order valence-electron chi connectivity index (χ0n) is 26.1. The van der Waals surface area contributed by atoms with Crippen LogP contribution < -0.4 is 16.0 Å². The zero-order chi connectivity index (χ0) is 30.9. The van der Waals surface area contributed by atoms with Crippen LogP contribution in [0.25, 0.3) is 6.08 Å². The fraction of sp³-hybridized carbons (Fsp3) is 0.214. The highest BCUT2D eigenvalue weighted by Crippen LogP contribution is 2.53. The molecule has 9 aliphatic rings. The third-order valence-electron chi connectivity index (χ3n) is 11.1. The standard InChI is InChI=1S/C42H37N5/c1-3-10-31-26(7-1)15-20-38-40(31)33-23-28(34-17-14-30(25-45-34)36-18-13-27-8-2-4-12-35(27)46-36)16-19-37(33)47(38)39-24-29-9-5-21-43-41(29)42-32(39)11-6-22-44-42/h1-20,22-24,32-33,35,37-38,40,42-43,45-46H,21,25H2. The summed E-state index contributed by atoms with van der Waals surface area (Å²) in [5.41, 5.74) is 13.0. The Hall–Kier alpha value is -5.29. The third-order valence-corrected chi connectivity index (χ3v) is 11.1. The van der Waals surface area contributed by atoms with E-state index in [9.17, 15) is 0 Å². The van der Waals surface area contributed by atoms with Crippen LogP contribution in [0.5, 0.6) is 0 Å². The van der Waals surface area contributed by atoms with Crippen molar-refractivity contribution in [1.29, 1.82) is 0 Å². The Balaban J connectivity index is 1.02. The second kappa shape index (κ2) is 10.6. The second-order valence-electron chi connectivity index (χ2n) is 13.6. The van der Waals surface area contributed by atoms with Crippen molar-refractivity contribution in [2.45, 2.75) is 30.1 Å². The van der Waals surface area contributed by atoms with Crippen molar-refractivity contribution in [3.8, 4) is 0 Å². The van der Waals surface area contributed by atoms with E-state index < -0.39 is 0 Å². The highest BCUT2D eigenvalue weighted by atomic mass is 15.2. The summed E-state index contributed by atoms with van der Waals surface area (Å²) < 4.78 is 0. The molecule has 230 valence electrons. The van der Waals surface area contributed by atoms with Crippen LogP contribution in [0.2, 0.25) is 0 Å². The van der Waals surface area contributed by atoms with Gasteiger partial charge in [-0.2, -0.15) is 0 Å². The van der Waals surface area contributed by atoms with Gasteiger partial charge in [-0.25, -0.2) is 0 Å². The molecule has 0 saturated carbocycles. The van der Waals surface area contributed by atoms with E-state index in [0.717, 1.165) is 13.1 Å². The maximum Gasteiger partial charge on any atom is 0.102 e. The van der Waals surface area contributed by atoms with Crippen LogP contribution in [0, 0.1) is 11.8 Å². The maximum absolute atomic E-state index is 5.01. The third kappa shape index (κ3) is 4.26. The molecule has 10 rings (SSSR count). The molecule has 5 heterocycles. The Morgan fingerprint density at radius 1 is 0.809 bits per heavy atom. The van der Waals surface area contributed by atoms with Crippen LogP contribution in [0.4, 0.5) is 0 Å². The predicted octanol–water partition coefficient (Wildman–Crippen LogP) is 6.22. The Kier molecular flexibility index (Phi) is 6.08. The highest BCUT2D eigenvalue weighted by molar-refractivity contribution is 5.74. The lowest BCUT2D eigenvalue weighted by molar-refractivity contribution is 0.268. The van der Waals surface area contributed by atoms with Crippen molar-refractivity contribution in [3.63, 3.8) is 0 Å². The van der Waals surface area contributed by atoms with E-state index >= 15 is 0 Å². The first-order valence-electron chi connectivity index (χ1n) is 17.0. The number of allylic oxidation sites excluding steroid dienone is 11. The summed E-state index contributed by atoms with van der Waals surface area (Å²) in [5, 5.41) is 11.1. The lowest BCUT2D eigenvalue weighted by Gasteiger charge is -2.43. The largest absolute Gasteiger partial charge is 0.383 e. The Morgan fingerprint density at radius 2 is 1.74 bits per heavy atom. The molecule has 1 saturated heterocycles. The molecule has 47 heavy (non-hydrogen) atoms. The predicted molar refractivity (Wildman–Crippen MR) is 191 cm³/mol. The number of likely N-dealkylation sites (tertiary alicyclic amines) is 1. The van der Waals surface area contributed by atoms with Crippen molar-refractivity contribution in [3.05, 3.63) is 184 Å². The molecule has 7 atom stereocenters. The van der Waals surface area contributed by atoms with Gasteiger partial charge in [0.25, 0.3) is 0 Å². The van der Waals surface area contributed by atoms with Gasteiger partial charge in [0.05, 0.1) is 18.1 Å². The lowest BCUT2D eigenvalue weighted by Crippen LogP contribution is -2.44. The van der Waals surface area contributed by atoms with Crippen LogP contribution in [0.3, 0.4) is 0 Å². The van der Waals surface area contributed by atoms with E-state index in [1.54, 1.807) is 0 Å². The number of hydrogen-bond donors (Lipinski definition) is 3. The summed E-state index contributed by atoms with van der Waals surface area (Å²) in [6.45, 7) is 1.66. The minimum atomic E-state index is 0.0926. The van der Waals surface area contributed by atoms with E-state index in [4.69, 9.17) is 4.99 Å². The molecular weight excluding hydrogens is 574 g/mol. The maximum atomic E-state index is 5.01. The first-order valence-corrected chi connectivity index (χ1v) is 17.0. The van der Waals surface area contributed by atoms with Crippen molar-refractivity contribution in [1.82, 2.24) is 20.9 Å². The van der Waals surface area contributed by atoms with Gasteiger partial charge in [0.1, 0.15) is 6.04 Å². The molecule has 0 amide bonds. The zero-order valence-corrected chi connectivity index (χ0v) is 26.1. The fourth-order valence-electron chi connectivity index (χ4n) is 8.97. The number of dihydropyridines is 4. The van der Waals surface area contributed by atoms with E-state index in [0.29, 0.717) is 11.8 Å². The minimum Gasteiger partial charge on any atom is -0.383 e. The van der Waals surface area contributed by atoms with Gasteiger partial charge >= 0.3 is 0 Å². The minimum absolute atomic E-state index is 0.0926. The number of benzene rings is 1. The average Bonchev–Trinajstić information content (AvgIpc) is 3.48. The number of nitrogens with zero attached hydrogens (tertiary/aromatic N) is 2. The molecule has 0 radical (unpaired) electrons. The van der Waals surface area contributed by atoms with Crippen LogP contribution in [-0.4, -0.2) is 48.4 Å². The molecule has 4 aliphatic carbocycles. The Labute approximate surface area is 276 Å². The molecule has 1 aromatic carbocycles. The summed E-state index contributed by atoms with van der Waals surface area (Å²) in [6, 6.07) is 9.87. The van der Waals surface area contributed by atoms with Crippen molar-refractivity contribution in [2.24, 2.45) is 16.8 Å². The number of nitrogens with one attached hydrogen (secondary N) is 3. The smallest absolute Gasteiger partial charge is 0.102 e. The molecule has 5 aliphatic heterocycles. The molecule has 1 aromatic rings. The average molecular weight is 612 g/mol. The number of fused-ring (bicyclic) bond motifs is 8. The summed E-state index contributed by atoms with van der Waals surface area (Å²) in [4.78, 5) is 7.75. The highest BCUT2D eigenvalue weighted by Gasteiger charge is 2.52. The van der Waals surface area contributed by atoms with Gasteiger partial charge in [-0.15, -0.1) is 0 Å². The van der Waals surface area contributed by atoms with E-state index in [-0.39, 0.29) is 30.1 Å². The van der Waals surface area contributed by atoms with Gasteiger partial charge < -0.3 is 20.9 Å². The molecule has 3 N–H and O–H groups in total. The normalized spacial score (nSPS) is 33.3. The topological polar surface area (TPSA) is 51.7 Å². The first-order chi connectivity index (χ1) is 23.3. The van der Waals surface area contributed by atoms with Crippen LogP contribution in [-0.2, 0) is 0 Å². The van der Waals surface area contributed by atoms with Crippen LogP contribution in [0.1, 0.15) is 17.0 Å². The Bertz CT molecular complexity index is 2010. The van der Waals surface area contributed by atoms with Gasteiger partial charge in [0.15, 0.2) is 0 Å².